The second-order valence-corrected chi connectivity index (χ2v) is 10.5. The van der Waals surface area contributed by atoms with Crippen molar-refractivity contribution >= 4 is 11.4 Å². The fourth-order valence-electron chi connectivity index (χ4n) is 3.71. The van der Waals surface area contributed by atoms with Crippen molar-refractivity contribution in [3.63, 3.8) is 0 Å². The number of anilines is 2. The largest absolute Gasteiger partial charge is 0.507 e. The van der Waals surface area contributed by atoms with Crippen LogP contribution in [0.3, 0.4) is 0 Å². The summed E-state index contributed by atoms with van der Waals surface area (Å²) in [5, 5.41) is 0. The van der Waals surface area contributed by atoms with Crippen molar-refractivity contribution < 1.29 is 20.4 Å². The van der Waals surface area contributed by atoms with E-state index in [9.17, 15) is 0 Å². The van der Waals surface area contributed by atoms with E-state index in [1.54, 1.807) is 0 Å². The van der Waals surface area contributed by atoms with E-state index >= 15 is 0 Å². The first kappa shape index (κ1) is 25.4. The Morgan fingerprint density at radius 2 is 1.06 bits per heavy atom. The van der Waals surface area contributed by atoms with Crippen LogP contribution in [-0.2, 0) is 31.3 Å². The minimum absolute atomic E-state index is 0. The molecule has 0 aliphatic carbocycles. The molecule has 0 N–H and O–H groups in total. The van der Waals surface area contributed by atoms with Gasteiger partial charge in [-0.05, 0) is 35.6 Å². The second-order valence-electron chi connectivity index (χ2n) is 10.5. The molecule has 0 radical (unpaired) electrons. The van der Waals surface area contributed by atoms with Crippen molar-refractivity contribution in [1.82, 2.24) is 9.80 Å². The Morgan fingerprint density at radius 1 is 0.667 bits per heavy atom. The molecule has 0 bridgehead atoms. The fraction of sp³-hybridized carbons (Fsp3) is 0.357. The Bertz CT molecular complexity index is 918. The normalized spacial score (nSPS) is 16.1. The second kappa shape index (κ2) is 9.96. The zero-order valence-corrected chi connectivity index (χ0v) is 22.0. The molecule has 0 saturated heterocycles. The minimum atomic E-state index is 0. The van der Waals surface area contributed by atoms with Gasteiger partial charge in [-0.2, -0.15) is 60.9 Å². The average Bonchev–Trinajstić information content (AvgIpc) is 3.41. The van der Waals surface area contributed by atoms with Gasteiger partial charge >= 0.3 is 0 Å². The molecule has 4 nitrogen and oxygen atoms in total. The Morgan fingerprint density at radius 3 is 1.42 bits per heavy atom. The summed E-state index contributed by atoms with van der Waals surface area (Å²) in [6.07, 6.45) is 8.44. The predicted octanol–water partition coefficient (Wildman–Crippen LogP) is 6.00. The van der Waals surface area contributed by atoms with Crippen molar-refractivity contribution in [2.75, 3.05) is 22.9 Å². The van der Waals surface area contributed by atoms with E-state index in [1.165, 1.54) is 11.1 Å². The van der Waals surface area contributed by atoms with Crippen molar-refractivity contribution in [2.45, 2.75) is 52.4 Å². The topological polar surface area (TPSA) is 13.0 Å². The van der Waals surface area contributed by atoms with Gasteiger partial charge in [0.2, 0.25) is 0 Å². The number of nitrogens with zero attached hydrogens (tertiary/aromatic N) is 4. The van der Waals surface area contributed by atoms with Crippen LogP contribution in [0.2, 0.25) is 0 Å². The van der Waals surface area contributed by atoms with Crippen LogP contribution in [0.1, 0.15) is 52.7 Å². The van der Waals surface area contributed by atoms with Crippen LogP contribution in [0.25, 0.3) is 0 Å². The van der Waals surface area contributed by atoms with Gasteiger partial charge in [0.1, 0.15) is 0 Å². The molecule has 2 heterocycles. The van der Waals surface area contributed by atoms with Crippen LogP contribution in [0.4, 0.5) is 11.4 Å². The van der Waals surface area contributed by atoms with Crippen LogP contribution in [0.5, 0.6) is 0 Å². The summed E-state index contributed by atoms with van der Waals surface area (Å²) in [5.41, 5.74) is 5.03. The first-order chi connectivity index (χ1) is 15.1. The molecule has 0 atom stereocenters. The molecule has 4 rings (SSSR count). The molecule has 2 aliphatic heterocycles. The molecule has 2 aromatic rings. The zero-order chi connectivity index (χ0) is 22.9. The summed E-state index contributed by atoms with van der Waals surface area (Å²) in [6, 6.07) is 19.5. The van der Waals surface area contributed by atoms with Crippen LogP contribution in [-0.4, -0.2) is 22.9 Å². The molecule has 0 amide bonds. The molecule has 0 saturated carbocycles. The van der Waals surface area contributed by atoms with E-state index in [0.717, 1.165) is 24.5 Å². The summed E-state index contributed by atoms with van der Waals surface area (Å²) in [4.78, 5) is 8.71. The van der Waals surface area contributed by atoms with Gasteiger partial charge in [0.25, 0.3) is 0 Å². The smallest absolute Gasteiger partial charge is 0.00494 e. The molecule has 0 aromatic heterocycles. The Labute approximate surface area is 214 Å². The van der Waals surface area contributed by atoms with Crippen molar-refractivity contribution in [2.24, 2.45) is 0 Å². The van der Waals surface area contributed by atoms with E-state index in [0.29, 0.717) is 0 Å². The third kappa shape index (κ3) is 6.22. The third-order valence-electron chi connectivity index (χ3n) is 5.86. The van der Waals surface area contributed by atoms with E-state index in [2.05, 4.69) is 136 Å². The number of hydrogen-bond donors (Lipinski definition) is 0. The first-order valence-electron chi connectivity index (χ1n) is 11.3. The molecule has 2 aliphatic rings. The van der Waals surface area contributed by atoms with E-state index < -0.39 is 0 Å². The van der Waals surface area contributed by atoms with E-state index in [-0.39, 0.29) is 31.3 Å². The van der Waals surface area contributed by atoms with Gasteiger partial charge in [0.15, 0.2) is 0 Å². The van der Waals surface area contributed by atoms with Gasteiger partial charge in [0.05, 0.1) is 0 Å². The maximum absolute atomic E-state index is 3.36. The molecular formula is C28H34N4Pd-4. The van der Waals surface area contributed by atoms with E-state index in [4.69, 9.17) is 0 Å². The third-order valence-corrected chi connectivity index (χ3v) is 5.86. The Balaban J connectivity index is 0.00000306. The average molecular weight is 533 g/mol. The summed E-state index contributed by atoms with van der Waals surface area (Å²) in [6.45, 7) is 19.5. The predicted molar refractivity (Wildman–Crippen MR) is 133 cm³/mol. The van der Waals surface area contributed by atoms with Gasteiger partial charge in [-0.3, -0.25) is 0 Å². The standard InChI is InChI=1S/C28H34N4.Pd/c1-27(2,3)23-9-7-11-25(19-23)31-17-15-29(21-31)13-14-30-16-18-32(22-30)26-12-8-10-24(20-26)28(4,5)6;/h7-10,15-22H,13-14H2,1-6H3;/q-4;. The molecule has 0 unspecified atom stereocenters. The van der Waals surface area contributed by atoms with Gasteiger partial charge in [-0.1, -0.05) is 41.5 Å². The summed E-state index contributed by atoms with van der Waals surface area (Å²) in [5.74, 6) is 0. The number of hydrogen-bond acceptors (Lipinski definition) is 4. The van der Waals surface area contributed by atoms with Gasteiger partial charge in [-0.15, -0.1) is 23.5 Å². The summed E-state index contributed by atoms with van der Waals surface area (Å²) >= 11 is 0. The molecule has 5 heteroatoms. The van der Waals surface area contributed by atoms with Crippen LogP contribution >= 0.6 is 0 Å². The van der Waals surface area contributed by atoms with Gasteiger partial charge in [-0.25, -0.2) is 0 Å². The van der Waals surface area contributed by atoms with E-state index in [1.807, 2.05) is 12.1 Å². The zero-order valence-electron chi connectivity index (χ0n) is 20.4. The molecular weight excluding hydrogens is 499 g/mol. The molecule has 33 heavy (non-hydrogen) atoms. The number of rotatable bonds is 5. The minimum Gasteiger partial charge on any atom is -0.507 e. The Hall–Kier alpha value is -2.22. The Kier molecular flexibility index (Phi) is 7.66. The van der Waals surface area contributed by atoms with Crippen molar-refractivity contribution in [3.8, 4) is 0 Å². The van der Waals surface area contributed by atoms with Crippen LogP contribution in [0, 0.1) is 25.5 Å². The first-order valence-corrected chi connectivity index (χ1v) is 11.3. The summed E-state index contributed by atoms with van der Waals surface area (Å²) < 4.78 is 0. The molecule has 0 fully saturated rings. The quantitative estimate of drug-likeness (QED) is 0.345. The van der Waals surface area contributed by atoms with Crippen LogP contribution in [0.15, 0.2) is 61.2 Å². The summed E-state index contributed by atoms with van der Waals surface area (Å²) in [7, 11) is 0. The maximum Gasteiger partial charge on any atom is 0.00494 e. The van der Waals surface area contributed by atoms with Crippen molar-refractivity contribution in [3.05, 3.63) is 97.8 Å². The van der Waals surface area contributed by atoms with Crippen LogP contribution < -0.4 is 9.80 Å². The van der Waals surface area contributed by atoms with Gasteiger partial charge < -0.3 is 19.6 Å². The maximum atomic E-state index is 3.36. The fourth-order valence-corrected chi connectivity index (χ4v) is 3.71. The SMILES string of the molecule is CC(C)(C)c1cc[c-]c(N2C=CN(CCN3C=CN(c4[c-]ccc(C(C)(C)C)c4)[CH-]3)[CH-]2)c1.[Pd]. The molecule has 0 spiro atoms. The van der Waals surface area contributed by atoms with Gasteiger partial charge in [0, 0.05) is 33.5 Å². The molecule has 2 aromatic carbocycles. The van der Waals surface area contributed by atoms with Crippen molar-refractivity contribution in [1.29, 1.82) is 0 Å². The monoisotopic (exact) mass is 532 g/mol. The number of benzene rings is 2. The molecule has 180 valence electrons.